The Bertz CT molecular complexity index is 1180. The fraction of sp³-hybridized carbons (Fsp3) is 0.385. The number of nitrogens with one attached hydrogen (secondary N) is 2. The highest BCUT2D eigenvalue weighted by molar-refractivity contribution is 7.13. The molecule has 2 amide bonds. The first kappa shape index (κ1) is 22.7. The monoisotopic (exact) mass is 475 g/mol. The first-order valence-corrected chi connectivity index (χ1v) is 12.6. The topological polar surface area (TPSA) is 87.2 Å². The molecular weight excluding hydrogens is 446 g/mol. The van der Waals surface area contributed by atoms with Gasteiger partial charge < -0.3 is 10.6 Å². The van der Waals surface area contributed by atoms with Crippen molar-refractivity contribution in [2.24, 2.45) is 5.92 Å². The Labute approximate surface area is 203 Å². The molecule has 176 valence electrons. The third-order valence-corrected chi connectivity index (χ3v) is 7.83. The van der Waals surface area contributed by atoms with Gasteiger partial charge in [-0.05, 0) is 80.9 Å². The number of hydrogen-bond donors (Lipinski definition) is 2. The Balaban J connectivity index is 1.19. The molecule has 34 heavy (non-hydrogen) atoms. The molecule has 0 spiro atoms. The highest BCUT2D eigenvalue weighted by Gasteiger charge is 2.41. The van der Waals surface area contributed by atoms with Crippen LogP contribution in [-0.4, -0.2) is 52.4 Å². The minimum atomic E-state index is -0.221. The zero-order valence-electron chi connectivity index (χ0n) is 19.5. The minimum absolute atomic E-state index is 0.00979. The summed E-state index contributed by atoms with van der Waals surface area (Å²) < 4.78 is 0. The van der Waals surface area contributed by atoms with Gasteiger partial charge in [0, 0.05) is 42.0 Å². The van der Waals surface area contributed by atoms with E-state index in [-0.39, 0.29) is 11.8 Å². The molecule has 3 fully saturated rings. The smallest absolute Gasteiger partial charge is 0.319 e. The van der Waals surface area contributed by atoms with Gasteiger partial charge in [0.1, 0.15) is 5.82 Å². The van der Waals surface area contributed by atoms with Crippen molar-refractivity contribution in [1.29, 1.82) is 0 Å². The van der Waals surface area contributed by atoms with E-state index in [1.807, 2.05) is 6.92 Å². The largest absolute Gasteiger partial charge is 0.336 e. The van der Waals surface area contributed by atoms with Crippen LogP contribution in [0.4, 0.5) is 10.5 Å². The standard InChI is InChI=1S/C26H29N5O2S/c1-16(32)18-5-7-20(8-6-18)30-26(33)27-14-21-12-19-9-10-31(21)15-22(19)23-13-24(29-17(2)28-23)25-4-3-11-34-25/h3-8,11,13,19,21-22H,9-10,12,14-15H2,1-2H3,(H2,27,30,33)/t19-,21+,22+/m0/s1. The molecular formula is C26H29N5O2S. The van der Waals surface area contributed by atoms with Crippen molar-refractivity contribution in [2.45, 2.75) is 38.6 Å². The van der Waals surface area contributed by atoms with E-state index in [9.17, 15) is 9.59 Å². The van der Waals surface area contributed by atoms with Gasteiger partial charge in [0.2, 0.25) is 0 Å². The van der Waals surface area contributed by atoms with Gasteiger partial charge in [0.25, 0.3) is 0 Å². The second-order valence-corrected chi connectivity index (χ2v) is 10.2. The summed E-state index contributed by atoms with van der Waals surface area (Å²) in [6.07, 6.45) is 2.21. The number of fused-ring (bicyclic) bond motifs is 3. The van der Waals surface area contributed by atoms with E-state index in [0.717, 1.165) is 43.1 Å². The van der Waals surface area contributed by atoms with E-state index < -0.39 is 0 Å². The Morgan fingerprint density at radius 2 is 2.00 bits per heavy atom. The Kier molecular flexibility index (Phi) is 6.43. The van der Waals surface area contributed by atoms with E-state index in [4.69, 9.17) is 4.98 Å². The lowest BCUT2D eigenvalue weighted by atomic mass is 9.74. The molecule has 2 N–H and O–H groups in total. The summed E-state index contributed by atoms with van der Waals surface area (Å²) in [5, 5.41) is 7.97. The number of rotatable bonds is 6. The van der Waals surface area contributed by atoms with Crippen LogP contribution in [0.5, 0.6) is 0 Å². The number of urea groups is 1. The minimum Gasteiger partial charge on any atom is -0.336 e. The zero-order valence-corrected chi connectivity index (χ0v) is 20.3. The second kappa shape index (κ2) is 9.64. The molecule has 2 aromatic heterocycles. The maximum atomic E-state index is 12.4. The molecule has 0 saturated carbocycles. The lowest BCUT2D eigenvalue weighted by Gasteiger charge is -2.49. The fourth-order valence-corrected chi connectivity index (χ4v) is 5.88. The number of thiophene rings is 1. The van der Waals surface area contributed by atoms with Crippen molar-refractivity contribution >= 4 is 28.8 Å². The van der Waals surface area contributed by atoms with Crippen LogP contribution >= 0.6 is 11.3 Å². The van der Waals surface area contributed by atoms with Gasteiger partial charge in [0.05, 0.1) is 10.6 Å². The first-order valence-electron chi connectivity index (χ1n) is 11.8. The van der Waals surface area contributed by atoms with E-state index in [0.29, 0.717) is 35.7 Å². The summed E-state index contributed by atoms with van der Waals surface area (Å²) in [7, 11) is 0. The number of anilines is 1. The number of nitrogens with zero attached hydrogens (tertiary/aromatic N) is 3. The molecule has 1 unspecified atom stereocenters. The number of carbonyl (C=O) groups is 2. The Morgan fingerprint density at radius 3 is 2.68 bits per heavy atom. The molecule has 7 nitrogen and oxygen atoms in total. The molecule has 6 rings (SSSR count). The number of hydrogen-bond acceptors (Lipinski definition) is 6. The van der Waals surface area contributed by atoms with Crippen LogP contribution in [0.2, 0.25) is 0 Å². The van der Waals surface area contributed by atoms with Gasteiger partial charge in [-0.15, -0.1) is 11.3 Å². The van der Waals surface area contributed by atoms with Crippen molar-refractivity contribution in [1.82, 2.24) is 20.2 Å². The molecule has 3 aliphatic heterocycles. The van der Waals surface area contributed by atoms with Crippen LogP contribution in [0.25, 0.3) is 10.6 Å². The molecule has 1 aromatic carbocycles. The molecule has 4 atom stereocenters. The number of amides is 2. The van der Waals surface area contributed by atoms with Crippen LogP contribution in [0.15, 0.2) is 47.8 Å². The molecule has 3 aliphatic rings. The third-order valence-electron chi connectivity index (χ3n) is 6.94. The fourth-order valence-electron chi connectivity index (χ4n) is 5.19. The van der Waals surface area contributed by atoms with Gasteiger partial charge >= 0.3 is 6.03 Å². The van der Waals surface area contributed by atoms with Gasteiger partial charge in [-0.1, -0.05) is 6.07 Å². The summed E-state index contributed by atoms with van der Waals surface area (Å²) in [4.78, 5) is 37.0. The van der Waals surface area contributed by atoms with Gasteiger partial charge in [0.15, 0.2) is 5.78 Å². The van der Waals surface area contributed by atoms with E-state index in [1.54, 1.807) is 35.6 Å². The van der Waals surface area contributed by atoms with Crippen molar-refractivity contribution in [3.8, 4) is 10.6 Å². The summed E-state index contributed by atoms with van der Waals surface area (Å²) in [6, 6.07) is 13.4. The number of benzene rings is 1. The van der Waals surface area contributed by atoms with Crippen LogP contribution in [0.1, 0.15) is 47.6 Å². The van der Waals surface area contributed by atoms with E-state index >= 15 is 0 Å². The molecule has 3 saturated heterocycles. The van der Waals surface area contributed by atoms with Crippen molar-refractivity contribution in [2.75, 3.05) is 25.0 Å². The van der Waals surface area contributed by atoms with Gasteiger partial charge in [-0.2, -0.15) is 0 Å². The van der Waals surface area contributed by atoms with Crippen LogP contribution in [0, 0.1) is 12.8 Å². The van der Waals surface area contributed by atoms with E-state index in [1.165, 1.54) is 11.8 Å². The Hall–Kier alpha value is -3.10. The normalized spacial score (nSPS) is 23.5. The molecule has 0 radical (unpaired) electrons. The highest BCUT2D eigenvalue weighted by atomic mass is 32.1. The summed E-state index contributed by atoms with van der Waals surface area (Å²) in [5.41, 5.74) is 3.46. The van der Waals surface area contributed by atoms with Gasteiger partial charge in [-0.25, -0.2) is 14.8 Å². The molecule has 3 aromatic rings. The third kappa shape index (κ3) is 4.88. The number of aromatic nitrogens is 2. The van der Waals surface area contributed by atoms with E-state index in [2.05, 4.69) is 44.1 Å². The number of aryl methyl sites for hydroxylation is 1. The predicted octanol–water partition coefficient (Wildman–Crippen LogP) is 4.72. The zero-order chi connectivity index (χ0) is 23.7. The number of ketones is 1. The number of piperidine rings is 3. The SMILES string of the molecule is CC(=O)c1ccc(NC(=O)NC[C@H]2C[C@@H]3CCN2C[C@H]3c2cc(-c3cccs3)nc(C)n2)cc1. The quantitative estimate of drug-likeness (QED) is 0.504. The first-order chi connectivity index (χ1) is 16.5. The number of Topliss-reactive ketones (excluding diaryl/α,β-unsaturated/α-hetero) is 1. The van der Waals surface area contributed by atoms with Crippen molar-refractivity contribution in [3.63, 3.8) is 0 Å². The summed E-state index contributed by atoms with van der Waals surface area (Å²) >= 11 is 1.71. The van der Waals surface area contributed by atoms with Crippen LogP contribution in [-0.2, 0) is 0 Å². The van der Waals surface area contributed by atoms with Crippen molar-refractivity contribution in [3.05, 3.63) is 64.9 Å². The average Bonchev–Trinajstić information content (AvgIpc) is 3.38. The molecule has 0 aliphatic carbocycles. The lowest BCUT2D eigenvalue weighted by Crippen LogP contribution is -2.56. The molecule has 2 bridgehead atoms. The van der Waals surface area contributed by atoms with Gasteiger partial charge in [-0.3, -0.25) is 9.69 Å². The maximum Gasteiger partial charge on any atom is 0.319 e. The summed E-state index contributed by atoms with van der Waals surface area (Å²) in [6.45, 7) is 6.14. The molecule has 8 heteroatoms. The van der Waals surface area contributed by atoms with Crippen molar-refractivity contribution < 1.29 is 9.59 Å². The second-order valence-electron chi connectivity index (χ2n) is 9.21. The Morgan fingerprint density at radius 1 is 1.18 bits per heavy atom. The summed E-state index contributed by atoms with van der Waals surface area (Å²) in [5.74, 6) is 1.79. The lowest BCUT2D eigenvalue weighted by molar-refractivity contribution is 0.0307. The average molecular weight is 476 g/mol. The highest BCUT2D eigenvalue weighted by Crippen LogP contribution is 2.41. The number of carbonyl (C=O) groups excluding carboxylic acids is 2. The maximum absolute atomic E-state index is 12.4. The molecule has 5 heterocycles. The predicted molar refractivity (Wildman–Crippen MR) is 134 cm³/mol. The van der Waals surface area contributed by atoms with Crippen LogP contribution in [0.3, 0.4) is 0 Å². The van der Waals surface area contributed by atoms with Crippen LogP contribution < -0.4 is 10.6 Å².